The number of ether oxygens (including phenoxy) is 1. The molecule has 0 atom stereocenters. The van der Waals surface area contributed by atoms with Crippen LogP contribution < -0.4 is 10.1 Å². The van der Waals surface area contributed by atoms with Gasteiger partial charge in [-0.3, -0.25) is 14.9 Å². The number of halogens is 1. The van der Waals surface area contributed by atoms with Gasteiger partial charge in [0.2, 0.25) is 0 Å². The Morgan fingerprint density at radius 2 is 2.21 bits per heavy atom. The van der Waals surface area contributed by atoms with Gasteiger partial charge in [0.1, 0.15) is 0 Å². The SMILES string of the molecule is CCOc1cc(/C=C2\SC(=O)NC2=O)cc(I)c1O. The maximum Gasteiger partial charge on any atom is 0.290 e. The molecule has 2 amide bonds. The predicted octanol–water partition coefficient (Wildman–Crippen LogP) is 2.72. The second-order valence-electron chi connectivity index (χ2n) is 3.63. The molecule has 0 saturated carbocycles. The zero-order valence-corrected chi connectivity index (χ0v) is 12.9. The maximum atomic E-state index is 11.4. The Morgan fingerprint density at radius 1 is 1.47 bits per heavy atom. The Kier molecular flexibility index (Phi) is 4.35. The monoisotopic (exact) mass is 391 g/mol. The fraction of sp³-hybridized carbons (Fsp3) is 0.167. The van der Waals surface area contributed by atoms with Gasteiger partial charge in [-0.2, -0.15) is 0 Å². The van der Waals surface area contributed by atoms with Crippen molar-refractivity contribution in [2.45, 2.75) is 6.92 Å². The number of hydrogen-bond acceptors (Lipinski definition) is 5. The topological polar surface area (TPSA) is 75.6 Å². The van der Waals surface area contributed by atoms with Crippen LogP contribution in [0, 0.1) is 3.57 Å². The number of benzene rings is 1. The van der Waals surface area contributed by atoms with Crippen LogP contribution in [-0.2, 0) is 4.79 Å². The lowest BCUT2D eigenvalue weighted by molar-refractivity contribution is -0.115. The molecule has 1 fully saturated rings. The van der Waals surface area contributed by atoms with Crippen molar-refractivity contribution >= 4 is 51.6 Å². The molecule has 0 aromatic heterocycles. The first kappa shape index (κ1) is 14.2. The fourth-order valence-electron chi connectivity index (χ4n) is 1.52. The largest absolute Gasteiger partial charge is 0.504 e. The summed E-state index contributed by atoms with van der Waals surface area (Å²) < 4.78 is 5.93. The molecule has 0 bridgehead atoms. The van der Waals surface area contributed by atoms with E-state index >= 15 is 0 Å². The first-order chi connectivity index (χ1) is 9.01. The Hall–Kier alpha value is -1.22. The van der Waals surface area contributed by atoms with E-state index in [1.807, 2.05) is 29.5 Å². The minimum absolute atomic E-state index is 0.0733. The van der Waals surface area contributed by atoms with Crippen LogP contribution in [0.4, 0.5) is 4.79 Å². The van der Waals surface area contributed by atoms with Crippen LogP contribution >= 0.6 is 34.4 Å². The number of hydrogen-bond donors (Lipinski definition) is 2. The summed E-state index contributed by atoms with van der Waals surface area (Å²) in [6.45, 7) is 2.24. The maximum absolute atomic E-state index is 11.4. The minimum atomic E-state index is -0.406. The lowest BCUT2D eigenvalue weighted by atomic mass is 10.2. The van der Waals surface area contributed by atoms with Crippen molar-refractivity contribution in [1.29, 1.82) is 0 Å². The quantitative estimate of drug-likeness (QED) is 0.612. The van der Waals surface area contributed by atoms with E-state index in [1.54, 1.807) is 18.2 Å². The average molecular weight is 391 g/mol. The van der Waals surface area contributed by atoms with Crippen molar-refractivity contribution < 1.29 is 19.4 Å². The molecule has 1 aliphatic heterocycles. The second kappa shape index (κ2) is 5.83. The zero-order chi connectivity index (χ0) is 14.0. The third-order valence-electron chi connectivity index (χ3n) is 2.29. The summed E-state index contributed by atoms with van der Waals surface area (Å²) in [4.78, 5) is 22.8. The first-order valence-corrected chi connectivity index (χ1v) is 7.31. The standard InChI is InChI=1S/C12H10INO4S/c1-2-18-8-4-6(3-7(13)10(8)15)5-9-11(16)14-12(17)19-9/h3-5,15H,2H2,1H3,(H,14,16,17)/b9-5-. The molecule has 0 spiro atoms. The molecule has 0 aliphatic carbocycles. The van der Waals surface area contributed by atoms with Crippen molar-refractivity contribution in [3.8, 4) is 11.5 Å². The lowest BCUT2D eigenvalue weighted by Crippen LogP contribution is -2.17. The molecule has 1 heterocycles. The number of amides is 2. The molecule has 1 aromatic carbocycles. The number of phenolic OH excluding ortho intramolecular Hbond substituents is 1. The summed E-state index contributed by atoms with van der Waals surface area (Å²) in [5.74, 6) is 0.0243. The van der Waals surface area contributed by atoms with Crippen molar-refractivity contribution in [2.75, 3.05) is 6.61 Å². The molecule has 7 heteroatoms. The molecule has 5 nitrogen and oxygen atoms in total. The molecule has 2 rings (SSSR count). The van der Waals surface area contributed by atoms with Gasteiger partial charge in [-0.25, -0.2) is 0 Å². The van der Waals surface area contributed by atoms with E-state index in [0.717, 1.165) is 11.8 Å². The highest BCUT2D eigenvalue weighted by Crippen LogP contribution is 2.34. The highest BCUT2D eigenvalue weighted by Gasteiger charge is 2.25. The summed E-state index contributed by atoms with van der Waals surface area (Å²) in [7, 11) is 0. The van der Waals surface area contributed by atoms with Gasteiger partial charge in [-0.1, -0.05) is 0 Å². The summed E-state index contributed by atoms with van der Waals surface area (Å²) in [6.07, 6.45) is 1.59. The van der Waals surface area contributed by atoms with E-state index in [9.17, 15) is 14.7 Å². The number of rotatable bonds is 3. The van der Waals surface area contributed by atoms with E-state index in [4.69, 9.17) is 4.74 Å². The molecule has 0 radical (unpaired) electrons. The van der Waals surface area contributed by atoms with Crippen molar-refractivity contribution in [3.05, 3.63) is 26.2 Å². The zero-order valence-electron chi connectivity index (χ0n) is 9.90. The minimum Gasteiger partial charge on any atom is -0.504 e. The van der Waals surface area contributed by atoms with Gasteiger partial charge < -0.3 is 9.84 Å². The predicted molar refractivity (Wildman–Crippen MR) is 81.1 cm³/mol. The van der Waals surface area contributed by atoms with E-state index in [1.165, 1.54) is 0 Å². The number of phenols is 1. The van der Waals surface area contributed by atoms with Crippen LogP contribution in [0.5, 0.6) is 11.5 Å². The van der Waals surface area contributed by atoms with Crippen LogP contribution in [0.25, 0.3) is 6.08 Å². The van der Waals surface area contributed by atoms with Crippen molar-refractivity contribution in [1.82, 2.24) is 5.32 Å². The Bertz CT molecular complexity index is 585. The van der Waals surface area contributed by atoms with E-state index in [2.05, 4.69) is 5.32 Å². The normalized spacial score (nSPS) is 16.8. The Labute approximate surface area is 127 Å². The number of aromatic hydroxyl groups is 1. The van der Waals surface area contributed by atoms with Gasteiger partial charge in [-0.15, -0.1) is 0 Å². The Balaban J connectivity index is 2.38. The Morgan fingerprint density at radius 3 is 2.79 bits per heavy atom. The number of carbonyl (C=O) groups is 2. The van der Waals surface area contributed by atoms with Crippen LogP contribution in [0.3, 0.4) is 0 Å². The summed E-state index contributed by atoms with van der Waals surface area (Å²) in [5, 5.41) is 11.6. The molecular formula is C12H10INO4S. The highest BCUT2D eigenvalue weighted by molar-refractivity contribution is 14.1. The van der Waals surface area contributed by atoms with Gasteiger partial charge in [0.15, 0.2) is 11.5 Å². The molecule has 19 heavy (non-hydrogen) atoms. The van der Waals surface area contributed by atoms with E-state index < -0.39 is 5.91 Å². The smallest absolute Gasteiger partial charge is 0.290 e. The van der Waals surface area contributed by atoms with Crippen LogP contribution in [0.1, 0.15) is 12.5 Å². The second-order valence-corrected chi connectivity index (χ2v) is 5.81. The fourth-order valence-corrected chi connectivity index (χ4v) is 2.82. The molecule has 0 unspecified atom stereocenters. The molecule has 1 aromatic rings. The first-order valence-electron chi connectivity index (χ1n) is 5.41. The summed E-state index contributed by atoms with van der Waals surface area (Å²) in [5.41, 5.74) is 0.693. The molecule has 2 N–H and O–H groups in total. The van der Waals surface area contributed by atoms with Gasteiger partial charge in [0.25, 0.3) is 11.1 Å². The van der Waals surface area contributed by atoms with E-state index in [0.29, 0.717) is 26.4 Å². The highest BCUT2D eigenvalue weighted by atomic mass is 127. The third-order valence-corrected chi connectivity index (χ3v) is 3.92. The summed E-state index contributed by atoms with van der Waals surface area (Å²) >= 11 is 2.83. The van der Waals surface area contributed by atoms with E-state index in [-0.39, 0.29) is 11.0 Å². The molecule has 100 valence electrons. The van der Waals surface area contributed by atoms with Crippen molar-refractivity contribution in [2.24, 2.45) is 0 Å². The van der Waals surface area contributed by atoms with Crippen molar-refractivity contribution in [3.63, 3.8) is 0 Å². The molecular weight excluding hydrogens is 381 g/mol. The number of nitrogens with one attached hydrogen (secondary N) is 1. The summed E-state index contributed by atoms with van der Waals surface area (Å²) in [6, 6.07) is 3.34. The number of carbonyl (C=O) groups excluding carboxylic acids is 2. The molecule has 1 saturated heterocycles. The van der Waals surface area contributed by atoms with Gasteiger partial charge in [0.05, 0.1) is 15.1 Å². The third kappa shape index (κ3) is 3.21. The van der Waals surface area contributed by atoms with Gasteiger partial charge in [0, 0.05) is 0 Å². The van der Waals surface area contributed by atoms with Crippen LogP contribution in [-0.4, -0.2) is 22.9 Å². The van der Waals surface area contributed by atoms with Gasteiger partial charge in [-0.05, 0) is 65.0 Å². The molecule has 1 aliphatic rings. The average Bonchev–Trinajstić information content (AvgIpc) is 2.64. The number of imide groups is 1. The lowest BCUT2D eigenvalue weighted by Gasteiger charge is -2.08. The van der Waals surface area contributed by atoms with Gasteiger partial charge >= 0.3 is 0 Å². The number of thioether (sulfide) groups is 1. The van der Waals surface area contributed by atoms with Crippen LogP contribution in [0.2, 0.25) is 0 Å². The van der Waals surface area contributed by atoms with Crippen LogP contribution in [0.15, 0.2) is 17.0 Å².